The quantitative estimate of drug-likeness (QED) is 0.311. The highest BCUT2D eigenvalue weighted by Gasteiger charge is 2.16. The number of rotatable bonds is 9. The topological polar surface area (TPSA) is 133 Å². The Kier molecular flexibility index (Phi) is 8.78. The highest BCUT2D eigenvalue weighted by Crippen LogP contribution is 2.23. The molecule has 1 heterocycles. The second kappa shape index (κ2) is 12.2. The van der Waals surface area contributed by atoms with Gasteiger partial charge in [0.1, 0.15) is 23.9 Å². The molecule has 0 radical (unpaired) electrons. The summed E-state index contributed by atoms with van der Waals surface area (Å²) in [5.41, 5.74) is 2.19. The number of hydrogen-bond donors (Lipinski definition) is 2. The van der Waals surface area contributed by atoms with E-state index in [9.17, 15) is 19.6 Å². The minimum Gasteiger partial charge on any atom is -0.491 e. The number of carbonyl (C=O) groups excluding carboxylic acids is 3. The molecule has 2 N–H and O–H groups in total. The van der Waals surface area contributed by atoms with E-state index in [1.807, 2.05) is 25.2 Å². The molecule has 36 heavy (non-hydrogen) atoms. The molecule has 0 unspecified atom stereocenters. The van der Waals surface area contributed by atoms with E-state index in [0.29, 0.717) is 22.4 Å². The number of hydrogen-bond acceptors (Lipinski definition) is 8. The Hall–Kier alpha value is -4.65. The Morgan fingerprint density at radius 2 is 1.94 bits per heavy atom. The van der Waals surface area contributed by atoms with E-state index < -0.39 is 11.9 Å². The van der Waals surface area contributed by atoms with E-state index in [1.54, 1.807) is 24.3 Å². The lowest BCUT2D eigenvalue weighted by molar-refractivity contribution is -0.137. The van der Waals surface area contributed by atoms with Crippen LogP contribution in [0.3, 0.4) is 0 Å². The summed E-state index contributed by atoms with van der Waals surface area (Å²) in [5.74, 6) is -0.210. The maximum absolute atomic E-state index is 12.5. The van der Waals surface area contributed by atoms with E-state index in [2.05, 4.69) is 20.5 Å². The van der Waals surface area contributed by atoms with E-state index in [0.717, 1.165) is 24.5 Å². The number of likely N-dealkylation sites (N-methyl/N-ethyl adjacent to an activating group) is 1. The molecule has 0 spiro atoms. The highest BCUT2D eigenvalue weighted by atomic mass is 16.5. The summed E-state index contributed by atoms with van der Waals surface area (Å²) in [6.45, 7) is 3.22. The standard InChI is InChI=1S/C26H27N5O5/c1-17(32)30-22(26(34)35-3)15-21-5-4-18(16-27)14-23(21)36-13-11-29-25(33)20-8-6-19(7-9-20)24-28-10-12-31(24)2/h4-9,14-15H,10-13H2,1-3H3,(H,29,33)(H,30,32). The molecular weight excluding hydrogens is 462 g/mol. The van der Waals surface area contributed by atoms with Crippen LogP contribution >= 0.6 is 0 Å². The van der Waals surface area contributed by atoms with Gasteiger partial charge in [-0.15, -0.1) is 0 Å². The van der Waals surface area contributed by atoms with E-state index in [4.69, 9.17) is 9.47 Å². The number of nitrogens with one attached hydrogen (secondary N) is 2. The van der Waals surface area contributed by atoms with Gasteiger partial charge in [0, 0.05) is 37.2 Å². The van der Waals surface area contributed by atoms with Gasteiger partial charge < -0.3 is 25.0 Å². The molecule has 2 amide bonds. The first-order valence-corrected chi connectivity index (χ1v) is 11.2. The Labute approximate surface area is 209 Å². The molecule has 2 aromatic rings. The zero-order valence-corrected chi connectivity index (χ0v) is 20.3. The van der Waals surface area contributed by atoms with Gasteiger partial charge in [-0.05, 0) is 36.4 Å². The summed E-state index contributed by atoms with van der Waals surface area (Å²) in [7, 11) is 3.18. The van der Waals surface area contributed by atoms with Gasteiger partial charge in [0.2, 0.25) is 5.91 Å². The molecule has 0 aliphatic carbocycles. The van der Waals surface area contributed by atoms with Gasteiger partial charge >= 0.3 is 5.97 Å². The van der Waals surface area contributed by atoms with Crippen molar-refractivity contribution in [3.05, 3.63) is 70.4 Å². The van der Waals surface area contributed by atoms with Crippen LogP contribution in [-0.4, -0.2) is 68.9 Å². The van der Waals surface area contributed by atoms with Gasteiger partial charge in [0.05, 0.1) is 31.8 Å². The Morgan fingerprint density at radius 1 is 1.19 bits per heavy atom. The molecule has 0 saturated heterocycles. The molecule has 1 aliphatic heterocycles. The van der Waals surface area contributed by atoms with Crippen molar-refractivity contribution in [2.45, 2.75) is 6.92 Å². The fourth-order valence-electron chi connectivity index (χ4n) is 3.49. The van der Waals surface area contributed by atoms with Crippen LogP contribution in [0.5, 0.6) is 5.75 Å². The number of methoxy groups -OCH3 is 1. The number of esters is 1. The van der Waals surface area contributed by atoms with Gasteiger partial charge in [-0.25, -0.2) is 4.79 Å². The Balaban J connectivity index is 1.64. The third-order valence-electron chi connectivity index (χ3n) is 5.27. The molecule has 0 fully saturated rings. The minimum absolute atomic E-state index is 0.0777. The lowest BCUT2D eigenvalue weighted by Gasteiger charge is -2.14. The Bertz CT molecular complexity index is 1240. The zero-order chi connectivity index (χ0) is 26.1. The summed E-state index contributed by atoms with van der Waals surface area (Å²) in [6.07, 6.45) is 1.40. The Morgan fingerprint density at radius 3 is 2.56 bits per heavy atom. The van der Waals surface area contributed by atoms with Crippen molar-refractivity contribution in [2.75, 3.05) is 40.4 Å². The molecule has 0 saturated carbocycles. The monoisotopic (exact) mass is 489 g/mol. The van der Waals surface area contributed by atoms with Crippen molar-refractivity contribution in [1.82, 2.24) is 15.5 Å². The van der Waals surface area contributed by atoms with E-state index >= 15 is 0 Å². The first kappa shape index (κ1) is 26.0. The maximum Gasteiger partial charge on any atom is 0.354 e. The zero-order valence-electron chi connectivity index (χ0n) is 20.3. The summed E-state index contributed by atoms with van der Waals surface area (Å²) in [4.78, 5) is 42.5. The van der Waals surface area contributed by atoms with Crippen LogP contribution < -0.4 is 15.4 Å². The first-order valence-electron chi connectivity index (χ1n) is 11.2. The third-order valence-corrected chi connectivity index (χ3v) is 5.27. The predicted molar refractivity (Wildman–Crippen MR) is 133 cm³/mol. The van der Waals surface area contributed by atoms with E-state index in [-0.39, 0.29) is 24.8 Å². The van der Waals surface area contributed by atoms with Crippen molar-refractivity contribution in [2.24, 2.45) is 4.99 Å². The summed E-state index contributed by atoms with van der Waals surface area (Å²) in [6, 6.07) is 13.9. The van der Waals surface area contributed by atoms with Gasteiger partial charge in [-0.2, -0.15) is 5.26 Å². The molecule has 0 aromatic heterocycles. The van der Waals surface area contributed by atoms with Crippen molar-refractivity contribution in [3.8, 4) is 11.8 Å². The largest absolute Gasteiger partial charge is 0.491 e. The molecule has 2 aromatic carbocycles. The first-order chi connectivity index (χ1) is 17.3. The number of amidine groups is 1. The lowest BCUT2D eigenvalue weighted by Crippen LogP contribution is -2.28. The van der Waals surface area contributed by atoms with Crippen LogP contribution in [-0.2, 0) is 14.3 Å². The molecule has 3 rings (SSSR count). The van der Waals surface area contributed by atoms with Crippen LogP contribution in [0.1, 0.15) is 34.0 Å². The number of amides is 2. The lowest BCUT2D eigenvalue weighted by atomic mass is 10.1. The summed E-state index contributed by atoms with van der Waals surface area (Å²) < 4.78 is 10.5. The maximum atomic E-state index is 12.5. The predicted octanol–water partition coefficient (Wildman–Crippen LogP) is 1.71. The molecule has 186 valence electrons. The van der Waals surface area contributed by atoms with Crippen molar-refractivity contribution in [3.63, 3.8) is 0 Å². The van der Waals surface area contributed by atoms with Crippen LogP contribution in [0.4, 0.5) is 0 Å². The average molecular weight is 490 g/mol. The molecule has 10 nitrogen and oxygen atoms in total. The third kappa shape index (κ3) is 6.70. The van der Waals surface area contributed by atoms with Crippen molar-refractivity contribution in [1.29, 1.82) is 5.26 Å². The molecular formula is C26H27N5O5. The fraction of sp³-hybridized carbons (Fsp3) is 0.269. The molecule has 0 atom stereocenters. The van der Waals surface area contributed by atoms with Crippen LogP contribution in [0.25, 0.3) is 6.08 Å². The number of benzene rings is 2. The van der Waals surface area contributed by atoms with Crippen LogP contribution in [0, 0.1) is 11.3 Å². The van der Waals surface area contributed by atoms with Gasteiger partial charge in [-0.3, -0.25) is 14.6 Å². The van der Waals surface area contributed by atoms with Gasteiger partial charge in [-0.1, -0.05) is 12.1 Å². The average Bonchev–Trinajstić information content (AvgIpc) is 3.31. The van der Waals surface area contributed by atoms with Gasteiger partial charge in [0.15, 0.2) is 0 Å². The smallest absolute Gasteiger partial charge is 0.354 e. The summed E-state index contributed by atoms with van der Waals surface area (Å²) >= 11 is 0. The van der Waals surface area contributed by atoms with Crippen LogP contribution in [0.2, 0.25) is 0 Å². The second-order valence-corrected chi connectivity index (χ2v) is 7.90. The van der Waals surface area contributed by atoms with Gasteiger partial charge in [0.25, 0.3) is 5.91 Å². The fourth-order valence-corrected chi connectivity index (χ4v) is 3.49. The minimum atomic E-state index is -0.731. The van der Waals surface area contributed by atoms with Crippen molar-refractivity contribution >= 4 is 29.7 Å². The number of aliphatic imine (C=N–C) groups is 1. The SMILES string of the molecule is COC(=O)C(=Cc1ccc(C#N)cc1OCCNC(=O)c1ccc(C2=NCCN2C)cc1)NC(C)=O. The molecule has 10 heteroatoms. The highest BCUT2D eigenvalue weighted by molar-refractivity contribution is 6.01. The van der Waals surface area contributed by atoms with Crippen LogP contribution in [0.15, 0.2) is 53.2 Å². The second-order valence-electron chi connectivity index (χ2n) is 7.90. The summed E-state index contributed by atoms with van der Waals surface area (Å²) in [5, 5.41) is 14.4. The molecule has 0 bridgehead atoms. The normalized spacial score (nSPS) is 12.9. The van der Waals surface area contributed by atoms with E-state index in [1.165, 1.54) is 26.2 Å². The van der Waals surface area contributed by atoms with Crippen molar-refractivity contribution < 1.29 is 23.9 Å². The number of nitriles is 1. The number of ether oxygens (including phenoxy) is 2. The molecule has 1 aliphatic rings. The number of carbonyl (C=O) groups is 3. The number of nitrogens with zero attached hydrogens (tertiary/aromatic N) is 3.